The Labute approximate surface area is 185 Å². The molecule has 0 unspecified atom stereocenters. The topological polar surface area (TPSA) is 105 Å². The molecule has 0 saturated carbocycles. The van der Waals surface area contributed by atoms with Crippen LogP contribution >= 0.6 is 0 Å². The van der Waals surface area contributed by atoms with Crippen LogP contribution in [0.5, 0.6) is 0 Å². The van der Waals surface area contributed by atoms with Crippen molar-refractivity contribution >= 4 is 22.8 Å². The molecule has 0 atom stereocenters. The lowest BCUT2D eigenvalue weighted by Crippen LogP contribution is -2.15. The standard InChI is InChI=1S/C23H25N5O4/c1-12(2)28-22-19(10-24-28)18(7-13(3)25-22)23(30)31-11-20(29)17-8-14(4)27(16(17)6)21-9-15(5)32-26-21/h7-10,12H,11H2,1-6H3. The van der Waals surface area contributed by atoms with Gasteiger partial charge < -0.3 is 9.26 Å². The highest BCUT2D eigenvalue weighted by Crippen LogP contribution is 2.23. The molecule has 0 saturated heterocycles. The normalized spacial score (nSPS) is 11.5. The molecular weight excluding hydrogens is 410 g/mol. The van der Waals surface area contributed by atoms with Gasteiger partial charge in [0, 0.05) is 34.8 Å². The number of hydrogen-bond donors (Lipinski definition) is 0. The van der Waals surface area contributed by atoms with Crippen molar-refractivity contribution < 1.29 is 18.8 Å². The summed E-state index contributed by atoms with van der Waals surface area (Å²) in [7, 11) is 0. The van der Waals surface area contributed by atoms with Crippen LogP contribution in [0.1, 0.15) is 63.4 Å². The first-order chi connectivity index (χ1) is 15.2. The highest BCUT2D eigenvalue weighted by atomic mass is 16.5. The summed E-state index contributed by atoms with van der Waals surface area (Å²) in [4.78, 5) is 30.2. The van der Waals surface area contributed by atoms with Gasteiger partial charge in [-0.1, -0.05) is 5.16 Å². The number of pyridine rings is 1. The molecule has 0 radical (unpaired) electrons. The van der Waals surface area contributed by atoms with Crippen molar-refractivity contribution in [1.82, 2.24) is 24.5 Å². The molecule has 0 aliphatic rings. The SMILES string of the molecule is Cc1cc(C(=O)OCC(=O)c2cc(C)n(-c3cc(C)on3)c2C)c2cnn(C(C)C)c2n1. The second-order valence-corrected chi connectivity index (χ2v) is 8.15. The quantitative estimate of drug-likeness (QED) is 0.332. The van der Waals surface area contributed by atoms with Gasteiger partial charge in [0.25, 0.3) is 0 Å². The fraction of sp³-hybridized carbons (Fsp3) is 0.348. The third kappa shape index (κ3) is 3.70. The maximum Gasteiger partial charge on any atom is 0.339 e. The smallest absolute Gasteiger partial charge is 0.339 e. The molecule has 32 heavy (non-hydrogen) atoms. The zero-order chi connectivity index (χ0) is 23.2. The number of aryl methyl sites for hydroxylation is 3. The summed E-state index contributed by atoms with van der Waals surface area (Å²) < 4.78 is 14.1. The molecule has 9 nitrogen and oxygen atoms in total. The number of ketones is 1. The number of fused-ring (bicyclic) bond motifs is 1. The lowest BCUT2D eigenvalue weighted by atomic mass is 10.1. The van der Waals surface area contributed by atoms with E-state index in [4.69, 9.17) is 9.26 Å². The Balaban J connectivity index is 1.56. The summed E-state index contributed by atoms with van der Waals surface area (Å²) >= 11 is 0. The molecule has 0 bridgehead atoms. The second kappa shape index (κ2) is 8.07. The van der Waals surface area contributed by atoms with Crippen LogP contribution in [0.2, 0.25) is 0 Å². The highest BCUT2D eigenvalue weighted by Gasteiger charge is 2.22. The number of rotatable bonds is 6. The average molecular weight is 435 g/mol. The zero-order valence-corrected chi connectivity index (χ0v) is 19.0. The van der Waals surface area contributed by atoms with Crippen molar-refractivity contribution in [2.24, 2.45) is 0 Å². The Morgan fingerprint density at radius 2 is 1.84 bits per heavy atom. The lowest BCUT2D eigenvalue weighted by Gasteiger charge is -2.09. The van der Waals surface area contributed by atoms with E-state index in [1.54, 1.807) is 42.9 Å². The first-order valence-corrected chi connectivity index (χ1v) is 10.3. The van der Waals surface area contributed by atoms with E-state index in [2.05, 4.69) is 15.2 Å². The van der Waals surface area contributed by atoms with Gasteiger partial charge in [0.15, 0.2) is 18.1 Å². The summed E-state index contributed by atoms with van der Waals surface area (Å²) in [6, 6.07) is 5.30. The van der Waals surface area contributed by atoms with Crippen molar-refractivity contribution in [3.63, 3.8) is 0 Å². The number of aromatic nitrogens is 5. The average Bonchev–Trinajstić information content (AvgIpc) is 3.42. The van der Waals surface area contributed by atoms with Crippen molar-refractivity contribution in [2.75, 3.05) is 6.61 Å². The molecule has 0 spiro atoms. The molecule has 4 aromatic heterocycles. The van der Waals surface area contributed by atoms with E-state index >= 15 is 0 Å². The summed E-state index contributed by atoms with van der Waals surface area (Å²) in [5.74, 6) is 0.398. The predicted molar refractivity (Wildman–Crippen MR) is 117 cm³/mol. The van der Waals surface area contributed by atoms with Crippen LogP contribution in [-0.2, 0) is 4.74 Å². The molecule has 166 valence electrons. The van der Waals surface area contributed by atoms with Crippen molar-refractivity contribution in [2.45, 2.75) is 47.6 Å². The number of nitrogens with zero attached hydrogens (tertiary/aromatic N) is 5. The third-order valence-electron chi connectivity index (χ3n) is 5.31. The van der Waals surface area contributed by atoms with Crippen molar-refractivity contribution in [3.8, 4) is 5.82 Å². The van der Waals surface area contributed by atoms with Crippen LogP contribution in [0.3, 0.4) is 0 Å². The monoisotopic (exact) mass is 435 g/mol. The molecule has 0 aliphatic heterocycles. The second-order valence-electron chi connectivity index (χ2n) is 8.15. The minimum absolute atomic E-state index is 0.0935. The molecule has 0 aromatic carbocycles. The molecule has 4 aromatic rings. The number of esters is 1. The molecule has 4 heterocycles. The van der Waals surface area contributed by atoms with E-state index in [1.807, 2.05) is 32.3 Å². The molecule has 4 rings (SSSR count). The van der Waals surface area contributed by atoms with Crippen molar-refractivity contribution in [3.05, 3.63) is 58.4 Å². The fourth-order valence-electron chi connectivity index (χ4n) is 3.83. The third-order valence-corrected chi connectivity index (χ3v) is 5.31. The van der Waals surface area contributed by atoms with Gasteiger partial charge in [-0.3, -0.25) is 9.36 Å². The van der Waals surface area contributed by atoms with Crippen LogP contribution in [0.15, 0.2) is 28.9 Å². The van der Waals surface area contributed by atoms with Crippen molar-refractivity contribution in [1.29, 1.82) is 0 Å². The molecule has 0 aliphatic carbocycles. The Morgan fingerprint density at radius 3 is 2.50 bits per heavy atom. The first-order valence-electron chi connectivity index (χ1n) is 10.3. The van der Waals surface area contributed by atoms with Crippen LogP contribution in [-0.4, -0.2) is 42.8 Å². The van der Waals surface area contributed by atoms with Crippen LogP contribution in [0, 0.1) is 27.7 Å². The number of carbonyl (C=O) groups is 2. The highest BCUT2D eigenvalue weighted by molar-refractivity contribution is 6.05. The molecular formula is C23H25N5O4. The summed E-state index contributed by atoms with van der Waals surface area (Å²) in [5, 5.41) is 8.96. The van der Waals surface area contributed by atoms with Gasteiger partial charge in [-0.15, -0.1) is 0 Å². The minimum atomic E-state index is -0.585. The molecule has 0 N–H and O–H groups in total. The Bertz CT molecular complexity index is 1340. The van der Waals surface area contributed by atoms with E-state index in [9.17, 15) is 9.59 Å². The summed E-state index contributed by atoms with van der Waals surface area (Å²) in [5.41, 5.74) is 3.64. The van der Waals surface area contributed by atoms with Crippen LogP contribution in [0.25, 0.3) is 16.9 Å². The zero-order valence-electron chi connectivity index (χ0n) is 19.0. The maximum atomic E-state index is 12.9. The van der Waals surface area contributed by atoms with Gasteiger partial charge in [0.05, 0.1) is 17.1 Å². The number of carbonyl (C=O) groups excluding carboxylic acids is 2. The van der Waals surface area contributed by atoms with E-state index in [1.165, 1.54) is 0 Å². The predicted octanol–water partition coefficient (Wildman–Crippen LogP) is 4.06. The van der Waals surface area contributed by atoms with E-state index in [-0.39, 0.29) is 18.4 Å². The Kier molecular flexibility index (Phi) is 5.41. The van der Waals surface area contributed by atoms with Gasteiger partial charge in [-0.2, -0.15) is 5.10 Å². The first kappa shape index (κ1) is 21.5. The fourth-order valence-corrected chi connectivity index (χ4v) is 3.83. The summed E-state index contributed by atoms with van der Waals surface area (Å²) in [6.07, 6.45) is 1.60. The minimum Gasteiger partial charge on any atom is -0.454 e. The number of Topliss-reactive ketones (excluding diaryl/α,β-unsaturated/α-hetero) is 1. The van der Waals surface area contributed by atoms with E-state index in [0.717, 1.165) is 5.69 Å². The van der Waals surface area contributed by atoms with Crippen LogP contribution < -0.4 is 0 Å². The van der Waals surface area contributed by atoms with Gasteiger partial charge in [0.1, 0.15) is 5.76 Å². The van der Waals surface area contributed by atoms with Gasteiger partial charge in [-0.25, -0.2) is 14.5 Å². The Hall–Kier alpha value is -3.75. The number of ether oxygens (including phenoxy) is 1. The number of hydrogen-bond acceptors (Lipinski definition) is 7. The summed E-state index contributed by atoms with van der Waals surface area (Å²) in [6.45, 7) is 10.9. The maximum absolute atomic E-state index is 12.9. The molecule has 0 fully saturated rings. The largest absolute Gasteiger partial charge is 0.454 e. The van der Waals surface area contributed by atoms with Crippen LogP contribution in [0.4, 0.5) is 0 Å². The van der Waals surface area contributed by atoms with Gasteiger partial charge >= 0.3 is 5.97 Å². The molecule has 9 heteroatoms. The lowest BCUT2D eigenvalue weighted by molar-refractivity contribution is 0.0476. The van der Waals surface area contributed by atoms with Gasteiger partial charge in [0.2, 0.25) is 5.78 Å². The van der Waals surface area contributed by atoms with E-state index < -0.39 is 5.97 Å². The van der Waals surface area contributed by atoms with E-state index in [0.29, 0.717) is 45.1 Å². The molecule has 0 amide bonds. The Morgan fingerprint density at radius 1 is 1.09 bits per heavy atom. The van der Waals surface area contributed by atoms with Gasteiger partial charge in [-0.05, 0) is 53.7 Å².